The first-order valence-corrected chi connectivity index (χ1v) is 11.0. The van der Waals surface area contributed by atoms with Gasteiger partial charge in [-0.15, -0.1) is 0 Å². The summed E-state index contributed by atoms with van der Waals surface area (Å²) in [6.45, 7) is 3.26. The molecule has 1 N–H and O–H groups in total. The molecule has 0 bridgehead atoms. The van der Waals surface area contributed by atoms with Crippen LogP contribution in [-0.4, -0.2) is 39.9 Å². The number of hydrazone groups is 1. The molecular weight excluding hydrogens is 390 g/mol. The van der Waals surface area contributed by atoms with E-state index in [2.05, 4.69) is 10.5 Å². The lowest BCUT2D eigenvalue weighted by Crippen LogP contribution is -2.39. The smallest absolute Gasteiger partial charge is 0.260 e. The van der Waals surface area contributed by atoms with Crippen LogP contribution in [0, 0.1) is 6.92 Å². The summed E-state index contributed by atoms with van der Waals surface area (Å²) in [6, 6.07) is 15.1. The van der Waals surface area contributed by atoms with Crippen molar-refractivity contribution in [2.45, 2.75) is 26.7 Å². The Hall–Kier alpha value is -2.87. The quantitative estimate of drug-likeness (QED) is 0.502. The molecule has 156 valence electrons. The van der Waals surface area contributed by atoms with Crippen LogP contribution < -0.4 is 14.5 Å². The van der Waals surface area contributed by atoms with Crippen molar-refractivity contribution in [3.05, 3.63) is 59.7 Å². The summed E-state index contributed by atoms with van der Waals surface area (Å²) < 4.78 is 30.9. The Morgan fingerprint density at radius 2 is 1.86 bits per heavy atom. The summed E-state index contributed by atoms with van der Waals surface area (Å²) in [5.41, 5.74) is 5.55. The topological polar surface area (TPSA) is 88.1 Å². The number of ether oxygens (including phenoxy) is 1. The molecule has 8 heteroatoms. The van der Waals surface area contributed by atoms with E-state index in [4.69, 9.17) is 4.74 Å². The highest BCUT2D eigenvalue weighted by atomic mass is 32.2. The monoisotopic (exact) mass is 417 g/mol. The van der Waals surface area contributed by atoms with E-state index in [9.17, 15) is 13.2 Å². The van der Waals surface area contributed by atoms with E-state index in [0.29, 0.717) is 17.9 Å². The summed E-state index contributed by atoms with van der Waals surface area (Å²) in [5.74, 6) is -0.158. The zero-order valence-electron chi connectivity index (χ0n) is 17.2. The number of hydrogen-bond acceptors (Lipinski definition) is 5. The lowest BCUT2D eigenvalue weighted by Gasteiger charge is -2.23. The molecule has 1 amide bonds. The van der Waals surface area contributed by atoms with Crippen LogP contribution in [0.15, 0.2) is 53.6 Å². The van der Waals surface area contributed by atoms with Gasteiger partial charge in [-0.1, -0.05) is 36.4 Å². The van der Waals surface area contributed by atoms with Gasteiger partial charge >= 0.3 is 0 Å². The highest BCUT2D eigenvalue weighted by Crippen LogP contribution is 2.30. The number of benzene rings is 2. The van der Waals surface area contributed by atoms with Crippen molar-refractivity contribution in [2.75, 3.05) is 24.2 Å². The molecule has 0 aliphatic heterocycles. The third-order valence-corrected chi connectivity index (χ3v) is 5.41. The van der Waals surface area contributed by atoms with Crippen molar-refractivity contribution in [2.24, 2.45) is 5.10 Å². The Kier molecular flexibility index (Phi) is 7.78. The van der Waals surface area contributed by atoms with Gasteiger partial charge in [0.2, 0.25) is 10.0 Å². The molecule has 2 rings (SSSR count). The fourth-order valence-electron chi connectivity index (χ4n) is 2.73. The van der Waals surface area contributed by atoms with Gasteiger partial charge in [0.1, 0.15) is 12.3 Å². The number of amides is 1. The van der Waals surface area contributed by atoms with Gasteiger partial charge in [-0.25, -0.2) is 13.8 Å². The first-order chi connectivity index (χ1) is 13.7. The molecule has 0 aromatic heterocycles. The molecule has 0 radical (unpaired) electrons. The number of nitrogens with one attached hydrogen (secondary N) is 1. The average molecular weight is 418 g/mol. The maximum atomic E-state index is 12.4. The molecule has 0 spiro atoms. The maximum Gasteiger partial charge on any atom is 0.260 e. The Morgan fingerprint density at radius 1 is 1.17 bits per heavy atom. The summed E-state index contributed by atoms with van der Waals surface area (Å²) >= 11 is 0. The molecule has 0 saturated carbocycles. The molecular formula is C21H27N3O4S. The van der Waals surface area contributed by atoms with E-state index >= 15 is 0 Å². The zero-order valence-corrected chi connectivity index (χ0v) is 18.0. The van der Waals surface area contributed by atoms with Crippen LogP contribution in [0.3, 0.4) is 0 Å². The molecule has 0 aliphatic carbocycles. The van der Waals surface area contributed by atoms with E-state index in [1.165, 1.54) is 12.7 Å². The normalized spacial score (nSPS) is 11.8. The van der Waals surface area contributed by atoms with Crippen molar-refractivity contribution in [3.8, 4) is 5.75 Å². The number of anilines is 1. The van der Waals surface area contributed by atoms with Gasteiger partial charge in [-0.3, -0.25) is 9.10 Å². The Balaban J connectivity index is 2.06. The minimum absolute atomic E-state index is 0.315. The minimum Gasteiger partial charge on any atom is -0.495 e. The van der Waals surface area contributed by atoms with Crippen LogP contribution >= 0.6 is 0 Å². The number of sulfonamides is 1. The van der Waals surface area contributed by atoms with Crippen molar-refractivity contribution < 1.29 is 17.9 Å². The second-order valence-corrected chi connectivity index (χ2v) is 8.72. The summed E-state index contributed by atoms with van der Waals surface area (Å²) in [7, 11) is -2.25. The third kappa shape index (κ3) is 6.90. The first kappa shape index (κ1) is 22.4. The predicted octanol–water partition coefficient (Wildman–Crippen LogP) is 2.89. The maximum absolute atomic E-state index is 12.4. The van der Waals surface area contributed by atoms with Crippen molar-refractivity contribution in [1.82, 2.24) is 5.43 Å². The number of nitrogens with zero attached hydrogens (tertiary/aromatic N) is 2. The Labute approximate surface area is 172 Å². The van der Waals surface area contributed by atoms with Crippen LogP contribution in [0.4, 0.5) is 5.69 Å². The van der Waals surface area contributed by atoms with E-state index in [1.54, 1.807) is 12.1 Å². The highest BCUT2D eigenvalue weighted by Gasteiger charge is 2.24. The largest absolute Gasteiger partial charge is 0.495 e. The van der Waals surface area contributed by atoms with Gasteiger partial charge in [0.25, 0.3) is 5.91 Å². The van der Waals surface area contributed by atoms with Crippen LogP contribution in [0.2, 0.25) is 0 Å². The zero-order chi connectivity index (χ0) is 21.4. The number of carbonyl (C=O) groups is 1. The van der Waals surface area contributed by atoms with Gasteiger partial charge < -0.3 is 4.74 Å². The number of rotatable bonds is 9. The first-order valence-electron chi connectivity index (χ1n) is 9.19. The Bertz CT molecular complexity index is 973. The van der Waals surface area contributed by atoms with Crippen LogP contribution in [-0.2, 0) is 21.2 Å². The minimum atomic E-state index is -3.70. The van der Waals surface area contributed by atoms with E-state index in [-0.39, 0.29) is 0 Å². The molecule has 0 atom stereocenters. The van der Waals surface area contributed by atoms with E-state index in [1.807, 2.05) is 50.2 Å². The molecule has 29 heavy (non-hydrogen) atoms. The fraction of sp³-hybridized carbons (Fsp3) is 0.333. The summed E-state index contributed by atoms with van der Waals surface area (Å²) in [5, 5.41) is 4.09. The number of carbonyl (C=O) groups excluding carboxylic acids is 1. The van der Waals surface area contributed by atoms with E-state index < -0.39 is 22.5 Å². The van der Waals surface area contributed by atoms with Gasteiger partial charge in [0, 0.05) is 5.71 Å². The van der Waals surface area contributed by atoms with Crippen LogP contribution in [0.1, 0.15) is 24.5 Å². The third-order valence-electron chi connectivity index (χ3n) is 4.28. The van der Waals surface area contributed by atoms with Gasteiger partial charge in [0.15, 0.2) is 0 Å². The SMILES string of the molecule is COc1ccc(C)cc1N(CC(=O)N/N=C(/C)CCc1ccccc1)S(C)(=O)=O. The van der Waals surface area contributed by atoms with Crippen molar-refractivity contribution in [1.29, 1.82) is 0 Å². The van der Waals surface area contributed by atoms with Gasteiger partial charge in [0.05, 0.1) is 19.1 Å². The second kappa shape index (κ2) is 10.1. The molecule has 0 unspecified atom stereocenters. The summed E-state index contributed by atoms with van der Waals surface area (Å²) in [4.78, 5) is 12.4. The molecule has 0 fully saturated rings. The lowest BCUT2D eigenvalue weighted by atomic mass is 10.1. The number of aryl methyl sites for hydroxylation is 2. The highest BCUT2D eigenvalue weighted by molar-refractivity contribution is 7.92. The van der Waals surface area contributed by atoms with Crippen LogP contribution in [0.25, 0.3) is 0 Å². The second-order valence-electron chi connectivity index (χ2n) is 6.81. The molecule has 0 saturated heterocycles. The van der Waals surface area contributed by atoms with E-state index in [0.717, 1.165) is 28.3 Å². The molecule has 0 heterocycles. The standard InChI is InChI=1S/C21H27N3O4S/c1-16-10-13-20(28-3)19(14-16)24(29(4,26)27)15-21(25)23-22-17(2)11-12-18-8-6-5-7-9-18/h5-10,13-14H,11-12,15H2,1-4H3,(H,23,25)/b22-17-. The molecule has 2 aromatic rings. The van der Waals surface area contributed by atoms with Crippen LogP contribution in [0.5, 0.6) is 5.75 Å². The van der Waals surface area contributed by atoms with Crippen molar-refractivity contribution in [3.63, 3.8) is 0 Å². The predicted molar refractivity (Wildman–Crippen MR) is 116 cm³/mol. The summed E-state index contributed by atoms with van der Waals surface area (Å²) in [6.07, 6.45) is 2.55. The Morgan fingerprint density at radius 3 is 2.48 bits per heavy atom. The van der Waals surface area contributed by atoms with Gasteiger partial charge in [-0.05, 0) is 49.9 Å². The van der Waals surface area contributed by atoms with Gasteiger partial charge in [-0.2, -0.15) is 5.10 Å². The van der Waals surface area contributed by atoms with Crippen molar-refractivity contribution >= 4 is 27.3 Å². The number of hydrogen-bond donors (Lipinski definition) is 1. The number of methoxy groups -OCH3 is 1. The lowest BCUT2D eigenvalue weighted by molar-refractivity contribution is -0.119. The molecule has 7 nitrogen and oxygen atoms in total. The molecule has 2 aromatic carbocycles. The fourth-order valence-corrected chi connectivity index (χ4v) is 3.58. The average Bonchev–Trinajstić information content (AvgIpc) is 2.68. The molecule has 0 aliphatic rings.